The minimum Gasteiger partial charge on any atom is -0.479 e. The monoisotopic (exact) mass is 542 g/mol. The van der Waals surface area contributed by atoms with Gasteiger partial charge >= 0.3 is 11.9 Å². The Morgan fingerprint density at radius 2 is 0.927 bits per heavy atom. The Bertz CT molecular complexity index is 1470. The Balaban J connectivity index is 1.39. The molecular weight excluding hydrogens is 510 g/mol. The Kier molecular flexibility index (Phi) is 8.67. The van der Waals surface area contributed by atoms with Crippen LogP contribution in [0.25, 0.3) is 11.1 Å². The number of ether oxygens (including phenoxy) is 1. The van der Waals surface area contributed by atoms with Gasteiger partial charge in [0, 0.05) is 16.7 Å². The lowest BCUT2D eigenvalue weighted by Crippen LogP contribution is -2.52. The summed E-state index contributed by atoms with van der Waals surface area (Å²) in [6.07, 6.45) is 0. The summed E-state index contributed by atoms with van der Waals surface area (Å²) in [6, 6.07) is 44.7. The largest absolute Gasteiger partial charge is 0.479 e. The van der Waals surface area contributed by atoms with E-state index in [4.69, 9.17) is 9.84 Å². The number of aromatic carboxylic acids is 1. The van der Waals surface area contributed by atoms with Crippen molar-refractivity contribution in [3.05, 3.63) is 162 Å². The van der Waals surface area contributed by atoms with Crippen molar-refractivity contribution in [3.63, 3.8) is 0 Å². The maximum atomic E-state index is 14.2. The highest BCUT2D eigenvalue weighted by molar-refractivity contribution is 5.88. The number of hydrogen-bond acceptors (Lipinski definition) is 3. The number of carbonyl (C=O) groups excluding carboxylic acids is 1. The van der Waals surface area contributed by atoms with Gasteiger partial charge in [0.15, 0.2) is 0 Å². The van der Waals surface area contributed by atoms with E-state index in [0.29, 0.717) is 25.4 Å². The highest BCUT2D eigenvalue weighted by Gasteiger charge is 2.38. The topological polar surface area (TPSA) is 63.6 Å². The van der Waals surface area contributed by atoms with Crippen molar-refractivity contribution >= 4 is 11.9 Å². The van der Waals surface area contributed by atoms with Crippen molar-refractivity contribution in [2.45, 2.75) is 19.6 Å². The van der Waals surface area contributed by atoms with E-state index >= 15 is 0 Å². The van der Waals surface area contributed by atoms with Crippen molar-refractivity contribution in [3.8, 4) is 16.9 Å². The van der Waals surface area contributed by atoms with Crippen LogP contribution in [0.3, 0.4) is 0 Å². The summed E-state index contributed by atoms with van der Waals surface area (Å²) in [5.74, 6) is -0.359. The summed E-state index contributed by atoms with van der Waals surface area (Å²) in [6.45, 7) is 1.55. The molecule has 5 nitrogen and oxygen atoms in total. The minimum absolute atomic E-state index is 0.00473. The molecule has 0 aliphatic heterocycles. The van der Waals surface area contributed by atoms with Crippen LogP contribution in [0.1, 0.15) is 27.0 Å². The zero-order valence-electron chi connectivity index (χ0n) is 22.7. The molecule has 1 amide bonds. The fourth-order valence-electron chi connectivity index (χ4n) is 5.06. The van der Waals surface area contributed by atoms with Gasteiger partial charge < -0.3 is 9.84 Å². The van der Waals surface area contributed by atoms with E-state index in [2.05, 4.69) is 36.4 Å². The van der Waals surface area contributed by atoms with E-state index in [-0.39, 0.29) is 22.6 Å². The second-order valence-electron chi connectivity index (χ2n) is 10.2. The quantitative estimate of drug-likeness (QED) is 0.177. The molecule has 0 saturated heterocycles. The Morgan fingerprint density at radius 1 is 0.537 bits per heavy atom. The summed E-state index contributed by atoms with van der Waals surface area (Å²) in [7, 11) is 0. The van der Waals surface area contributed by atoms with Crippen LogP contribution in [0, 0.1) is 0 Å². The lowest BCUT2D eigenvalue weighted by Gasteiger charge is -2.36. The third kappa shape index (κ3) is 7.15. The molecule has 41 heavy (non-hydrogen) atoms. The third-order valence-electron chi connectivity index (χ3n) is 7.20. The summed E-state index contributed by atoms with van der Waals surface area (Å²) in [5, 5.41) is 9.15. The average Bonchev–Trinajstić information content (AvgIpc) is 3.01. The number of rotatable bonds is 11. The predicted molar refractivity (Wildman–Crippen MR) is 160 cm³/mol. The van der Waals surface area contributed by atoms with Crippen molar-refractivity contribution < 1.29 is 23.9 Å². The van der Waals surface area contributed by atoms with E-state index in [1.54, 1.807) is 24.3 Å². The number of amides is 1. The molecule has 0 heterocycles. The zero-order valence-corrected chi connectivity index (χ0v) is 22.7. The summed E-state index contributed by atoms with van der Waals surface area (Å²) >= 11 is 0. The summed E-state index contributed by atoms with van der Waals surface area (Å²) in [5.41, 5.74) is 5.35. The molecule has 5 rings (SSSR count). The predicted octanol–water partition coefficient (Wildman–Crippen LogP) is 7.37. The van der Waals surface area contributed by atoms with Gasteiger partial charge in [-0.3, -0.25) is 0 Å². The van der Waals surface area contributed by atoms with Gasteiger partial charge in [-0.15, -0.1) is 0 Å². The number of benzene rings is 5. The molecule has 5 aromatic rings. The Labute approximate surface area is 240 Å². The zero-order chi connectivity index (χ0) is 28.5. The van der Waals surface area contributed by atoms with Gasteiger partial charge in [0.05, 0.1) is 5.56 Å². The molecule has 0 saturated carbocycles. The lowest BCUT2D eigenvalue weighted by molar-refractivity contribution is -0.894. The van der Waals surface area contributed by atoms with Crippen LogP contribution in [-0.2, 0) is 24.4 Å². The molecule has 5 aromatic carbocycles. The van der Waals surface area contributed by atoms with Crippen LogP contribution >= 0.6 is 0 Å². The Hall–Kier alpha value is -5.00. The van der Waals surface area contributed by atoms with E-state index in [1.165, 1.54) is 0 Å². The number of carboxylic acid groups (broad SMARTS) is 1. The van der Waals surface area contributed by atoms with Crippen LogP contribution in [0.15, 0.2) is 140 Å². The molecule has 0 aromatic heterocycles. The number of nitrogens with zero attached hydrogens (tertiary/aromatic N) is 1. The first-order chi connectivity index (χ1) is 20.0. The van der Waals surface area contributed by atoms with Crippen LogP contribution in [0.4, 0.5) is 0 Å². The van der Waals surface area contributed by atoms with Crippen LogP contribution in [0.5, 0.6) is 5.75 Å². The second kappa shape index (κ2) is 12.9. The first-order valence-corrected chi connectivity index (χ1v) is 13.6. The van der Waals surface area contributed by atoms with Crippen LogP contribution < -0.4 is 4.74 Å². The van der Waals surface area contributed by atoms with E-state index in [0.717, 1.165) is 27.8 Å². The van der Waals surface area contributed by atoms with Gasteiger partial charge in [0.2, 0.25) is 6.61 Å². The number of quaternary nitrogens is 1. The highest BCUT2D eigenvalue weighted by atomic mass is 16.5. The van der Waals surface area contributed by atoms with Crippen molar-refractivity contribution in [1.29, 1.82) is 0 Å². The Morgan fingerprint density at radius 3 is 1.32 bits per heavy atom. The van der Waals surface area contributed by atoms with Gasteiger partial charge in [0.1, 0.15) is 25.4 Å². The standard InChI is InChI=1S/C36H31NO4/c38-35(27-41-34-22-20-32(21-23-34)31-16-18-33(19-17-31)36(39)40)37(24-28-10-4-1-5-11-28,25-29-12-6-2-7-13-29)26-30-14-8-3-9-15-30/h1-23H,24-27H2/p+1. The van der Waals surface area contributed by atoms with Gasteiger partial charge in [-0.25, -0.2) is 14.1 Å². The molecular formula is C36H32NO4+. The summed E-state index contributed by atoms with van der Waals surface area (Å²) < 4.78 is 6.27. The molecule has 0 unspecified atom stereocenters. The maximum Gasteiger partial charge on any atom is 0.352 e. The SMILES string of the molecule is O=C(O)c1ccc(-c2ccc(OCC(=O)[N+](Cc3ccccc3)(Cc3ccccc3)Cc3ccccc3)cc2)cc1. The fourth-order valence-corrected chi connectivity index (χ4v) is 5.06. The molecule has 0 aliphatic carbocycles. The van der Waals surface area contributed by atoms with Gasteiger partial charge in [-0.2, -0.15) is 0 Å². The molecule has 0 aliphatic rings. The fraction of sp³-hybridized carbons (Fsp3) is 0.111. The number of carboxylic acids is 1. The van der Waals surface area contributed by atoms with Gasteiger partial charge in [-0.1, -0.05) is 115 Å². The third-order valence-corrected chi connectivity index (χ3v) is 7.20. The number of carbonyl (C=O) groups is 2. The summed E-state index contributed by atoms with van der Waals surface area (Å²) in [4.78, 5) is 25.4. The molecule has 5 heteroatoms. The van der Waals surface area contributed by atoms with E-state index in [1.807, 2.05) is 78.9 Å². The van der Waals surface area contributed by atoms with E-state index < -0.39 is 5.97 Å². The lowest BCUT2D eigenvalue weighted by atomic mass is 10.0. The molecule has 0 atom stereocenters. The first kappa shape index (κ1) is 27.6. The van der Waals surface area contributed by atoms with Crippen molar-refractivity contribution in [1.82, 2.24) is 0 Å². The average molecular weight is 543 g/mol. The van der Waals surface area contributed by atoms with Gasteiger partial charge in [0.25, 0.3) is 0 Å². The minimum atomic E-state index is -0.953. The smallest absolute Gasteiger partial charge is 0.352 e. The number of hydrogen-bond donors (Lipinski definition) is 1. The second-order valence-corrected chi connectivity index (χ2v) is 10.2. The molecule has 0 spiro atoms. The highest BCUT2D eigenvalue weighted by Crippen LogP contribution is 2.27. The molecule has 1 N–H and O–H groups in total. The van der Waals surface area contributed by atoms with E-state index in [9.17, 15) is 9.59 Å². The molecule has 204 valence electrons. The molecule has 0 fully saturated rings. The normalized spacial score (nSPS) is 11.1. The van der Waals surface area contributed by atoms with Gasteiger partial charge in [-0.05, 0) is 35.4 Å². The van der Waals surface area contributed by atoms with Crippen LogP contribution in [0.2, 0.25) is 0 Å². The first-order valence-electron chi connectivity index (χ1n) is 13.6. The van der Waals surface area contributed by atoms with Crippen molar-refractivity contribution in [2.24, 2.45) is 0 Å². The molecule has 0 radical (unpaired) electrons. The van der Waals surface area contributed by atoms with Crippen LogP contribution in [-0.4, -0.2) is 28.1 Å². The van der Waals surface area contributed by atoms with Crippen molar-refractivity contribution in [2.75, 3.05) is 6.61 Å². The molecule has 0 bridgehead atoms. The maximum absolute atomic E-state index is 14.2.